The van der Waals surface area contributed by atoms with Crippen LogP contribution in [0.1, 0.15) is 24.8 Å². The van der Waals surface area contributed by atoms with Crippen LogP contribution in [0.5, 0.6) is 11.5 Å². The Morgan fingerprint density at radius 3 is 2.71 bits per heavy atom. The van der Waals surface area contributed by atoms with Gasteiger partial charge >= 0.3 is 6.03 Å². The second kappa shape index (κ2) is 8.75. The predicted octanol–water partition coefficient (Wildman–Crippen LogP) is 4.02. The molecule has 2 aromatic rings. The van der Waals surface area contributed by atoms with Gasteiger partial charge in [0.1, 0.15) is 5.82 Å². The molecular weight excluding hydrogens is 397 g/mol. The Labute approximate surface area is 182 Å². The highest BCUT2D eigenvalue weighted by atomic mass is 19.1. The first-order chi connectivity index (χ1) is 14.9. The number of ether oxygens (including phenoxy) is 2. The average molecular weight is 428 g/mol. The average Bonchev–Trinajstić information content (AvgIpc) is 3.09. The Balaban J connectivity index is 1.47. The first kappa shape index (κ1) is 21.4. The summed E-state index contributed by atoms with van der Waals surface area (Å²) in [5.41, 5.74) is 1.75. The van der Waals surface area contributed by atoms with Crippen molar-refractivity contribution in [2.75, 3.05) is 39.7 Å². The summed E-state index contributed by atoms with van der Waals surface area (Å²) >= 11 is 0. The molecule has 2 amide bonds. The molecule has 6 nitrogen and oxygen atoms in total. The maximum Gasteiger partial charge on any atom is 0.319 e. The maximum absolute atomic E-state index is 13.4. The Hall–Kier alpha value is -2.80. The van der Waals surface area contributed by atoms with E-state index in [4.69, 9.17) is 9.47 Å². The summed E-state index contributed by atoms with van der Waals surface area (Å²) < 4.78 is 24.3. The highest BCUT2D eigenvalue weighted by Gasteiger charge is 2.50. The number of methoxy groups -OCH3 is 2. The summed E-state index contributed by atoms with van der Waals surface area (Å²) in [5.74, 6) is 1.53. The summed E-state index contributed by atoms with van der Waals surface area (Å²) in [6, 6.07) is 12.0. The number of likely N-dealkylation sites (N-methyl/N-ethyl adjacent to an activating group) is 1. The summed E-state index contributed by atoms with van der Waals surface area (Å²) in [7, 11) is 5.46. The molecule has 4 rings (SSSR count). The van der Waals surface area contributed by atoms with Gasteiger partial charge in [0.2, 0.25) is 0 Å². The van der Waals surface area contributed by atoms with Gasteiger partial charge in [-0.05, 0) is 68.1 Å². The van der Waals surface area contributed by atoms with Crippen LogP contribution < -0.4 is 20.1 Å². The van der Waals surface area contributed by atoms with E-state index < -0.39 is 0 Å². The summed E-state index contributed by atoms with van der Waals surface area (Å²) in [6.07, 6.45) is 2.76. The number of fused-ring (bicyclic) bond motifs is 1. The number of amides is 2. The molecule has 3 atom stereocenters. The molecule has 1 heterocycles. The fourth-order valence-corrected chi connectivity index (χ4v) is 5.37. The molecule has 2 aliphatic rings. The van der Waals surface area contributed by atoms with Crippen LogP contribution >= 0.6 is 0 Å². The predicted molar refractivity (Wildman–Crippen MR) is 118 cm³/mol. The molecule has 0 bridgehead atoms. The number of hydrogen-bond donors (Lipinski definition) is 2. The normalized spacial score (nSPS) is 25.5. The third-order valence-electron chi connectivity index (χ3n) is 6.75. The van der Waals surface area contributed by atoms with E-state index in [0.29, 0.717) is 11.6 Å². The van der Waals surface area contributed by atoms with Crippen LogP contribution in [0.2, 0.25) is 0 Å². The van der Waals surface area contributed by atoms with Gasteiger partial charge in [0.15, 0.2) is 11.5 Å². The van der Waals surface area contributed by atoms with E-state index in [-0.39, 0.29) is 23.3 Å². The lowest BCUT2D eigenvalue weighted by Crippen LogP contribution is -2.48. The lowest BCUT2D eigenvalue weighted by atomic mass is 9.63. The molecule has 7 heteroatoms. The highest BCUT2D eigenvalue weighted by Crippen LogP contribution is 2.49. The molecule has 0 radical (unpaired) electrons. The van der Waals surface area contributed by atoms with Crippen molar-refractivity contribution in [1.29, 1.82) is 0 Å². The molecule has 0 unspecified atom stereocenters. The fraction of sp³-hybridized carbons (Fsp3) is 0.458. The quantitative estimate of drug-likeness (QED) is 0.757. The molecule has 166 valence electrons. The monoisotopic (exact) mass is 427 g/mol. The number of halogens is 1. The smallest absolute Gasteiger partial charge is 0.319 e. The Morgan fingerprint density at radius 2 is 1.97 bits per heavy atom. The molecule has 1 saturated carbocycles. The van der Waals surface area contributed by atoms with Crippen LogP contribution in [0.25, 0.3) is 0 Å². The van der Waals surface area contributed by atoms with Crippen molar-refractivity contribution in [1.82, 2.24) is 10.2 Å². The Morgan fingerprint density at radius 1 is 1.16 bits per heavy atom. The number of hydrogen-bond acceptors (Lipinski definition) is 4. The number of likely N-dealkylation sites (tertiary alicyclic amines) is 1. The zero-order chi connectivity index (χ0) is 22.0. The van der Waals surface area contributed by atoms with Gasteiger partial charge in [0.25, 0.3) is 0 Å². The van der Waals surface area contributed by atoms with Crippen LogP contribution in [0.15, 0.2) is 42.5 Å². The van der Waals surface area contributed by atoms with Crippen molar-refractivity contribution in [3.8, 4) is 11.5 Å². The van der Waals surface area contributed by atoms with Crippen molar-refractivity contribution in [3.05, 3.63) is 53.8 Å². The molecular formula is C24H30FN3O3. The van der Waals surface area contributed by atoms with Gasteiger partial charge in [-0.3, -0.25) is 0 Å². The van der Waals surface area contributed by atoms with Gasteiger partial charge in [-0.2, -0.15) is 0 Å². The van der Waals surface area contributed by atoms with Crippen molar-refractivity contribution in [3.63, 3.8) is 0 Å². The minimum absolute atomic E-state index is 0.0333. The third kappa shape index (κ3) is 4.32. The van der Waals surface area contributed by atoms with Gasteiger partial charge in [0.05, 0.1) is 14.2 Å². The first-order valence-corrected chi connectivity index (χ1v) is 10.7. The van der Waals surface area contributed by atoms with E-state index in [9.17, 15) is 9.18 Å². The van der Waals surface area contributed by atoms with Gasteiger partial charge in [0, 0.05) is 30.2 Å². The third-order valence-corrected chi connectivity index (χ3v) is 6.75. The second-order valence-electron chi connectivity index (χ2n) is 8.70. The topological polar surface area (TPSA) is 62.8 Å². The van der Waals surface area contributed by atoms with Crippen LogP contribution in [-0.2, 0) is 5.41 Å². The highest BCUT2D eigenvalue weighted by molar-refractivity contribution is 5.89. The first-order valence-electron chi connectivity index (χ1n) is 10.7. The van der Waals surface area contributed by atoms with Crippen molar-refractivity contribution in [2.24, 2.45) is 5.92 Å². The molecule has 1 aliphatic heterocycles. The van der Waals surface area contributed by atoms with Crippen LogP contribution in [0.4, 0.5) is 14.9 Å². The molecule has 0 spiro atoms. The van der Waals surface area contributed by atoms with Crippen molar-refractivity contribution >= 4 is 11.7 Å². The molecule has 2 aromatic carbocycles. The number of anilines is 1. The molecule has 2 fully saturated rings. The Bertz CT molecular complexity index is 953. The molecule has 1 aliphatic carbocycles. The lowest BCUT2D eigenvalue weighted by molar-refractivity contribution is 0.197. The number of rotatable bonds is 5. The lowest BCUT2D eigenvalue weighted by Gasteiger charge is -2.42. The summed E-state index contributed by atoms with van der Waals surface area (Å²) in [6.45, 7) is 1.97. The van der Waals surface area contributed by atoms with Gasteiger partial charge in [-0.25, -0.2) is 9.18 Å². The van der Waals surface area contributed by atoms with E-state index >= 15 is 0 Å². The van der Waals surface area contributed by atoms with Crippen molar-refractivity contribution < 1.29 is 18.7 Å². The minimum atomic E-state index is -0.371. The number of carbonyl (C=O) groups is 1. The standard InChI is InChI=1S/C24H30FN3O3/c1-28-14-17-11-20(27-23(29)26-19-6-4-5-18(25)13-19)9-10-24(17,15-28)16-7-8-21(30-2)22(12-16)31-3/h4-8,12-13,17,20H,9-11,14-15H2,1-3H3,(H2,26,27,29)/t17-,20-,24+/m1/s1. The van der Waals surface area contributed by atoms with E-state index in [1.165, 1.54) is 17.7 Å². The van der Waals surface area contributed by atoms with Gasteiger partial charge < -0.3 is 25.0 Å². The number of nitrogens with zero attached hydrogens (tertiary/aromatic N) is 1. The number of carbonyl (C=O) groups excluding carboxylic acids is 1. The molecule has 1 saturated heterocycles. The maximum atomic E-state index is 13.4. The zero-order valence-electron chi connectivity index (χ0n) is 18.3. The van der Waals surface area contributed by atoms with Gasteiger partial charge in [-0.1, -0.05) is 12.1 Å². The largest absolute Gasteiger partial charge is 0.493 e. The van der Waals surface area contributed by atoms with E-state index in [1.54, 1.807) is 26.4 Å². The molecule has 2 N–H and O–H groups in total. The molecule has 31 heavy (non-hydrogen) atoms. The molecule has 0 aromatic heterocycles. The van der Waals surface area contributed by atoms with E-state index in [2.05, 4.69) is 34.7 Å². The number of benzene rings is 2. The second-order valence-corrected chi connectivity index (χ2v) is 8.70. The van der Waals surface area contributed by atoms with Crippen LogP contribution in [-0.4, -0.2) is 51.3 Å². The Kier molecular flexibility index (Phi) is 6.05. The minimum Gasteiger partial charge on any atom is -0.493 e. The summed E-state index contributed by atoms with van der Waals surface area (Å²) in [5, 5.41) is 5.82. The van der Waals surface area contributed by atoms with Crippen LogP contribution in [0.3, 0.4) is 0 Å². The van der Waals surface area contributed by atoms with Crippen LogP contribution in [0, 0.1) is 11.7 Å². The van der Waals surface area contributed by atoms with E-state index in [1.807, 2.05) is 6.07 Å². The van der Waals surface area contributed by atoms with Gasteiger partial charge in [-0.15, -0.1) is 0 Å². The zero-order valence-corrected chi connectivity index (χ0v) is 18.3. The SMILES string of the molecule is COc1ccc([C@@]23CC[C@@H](NC(=O)Nc4cccc(F)c4)C[C@@H]2CN(C)C3)cc1OC. The fourth-order valence-electron chi connectivity index (χ4n) is 5.37. The summed E-state index contributed by atoms with van der Waals surface area (Å²) in [4.78, 5) is 14.8. The van der Waals surface area contributed by atoms with Crippen molar-refractivity contribution in [2.45, 2.75) is 30.7 Å². The number of urea groups is 1. The van der Waals surface area contributed by atoms with E-state index in [0.717, 1.165) is 43.9 Å². The number of nitrogens with one attached hydrogen (secondary N) is 2.